The highest BCUT2D eigenvalue weighted by molar-refractivity contribution is 7.10. The molecular weight excluding hydrogens is 202 g/mol. The molecule has 70 valence electrons. The summed E-state index contributed by atoms with van der Waals surface area (Å²) in [6.07, 6.45) is 5.98. The molecule has 0 aromatic carbocycles. The van der Waals surface area contributed by atoms with Crippen LogP contribution in [0.25, 0.3) is 0 Å². The first-order valence-electron chi connectivity index (χ1n) is 4.19. The molecule has 0 saturated carbocycles. The standard InChI is InChI=1S/C10H12ClNS/c1-3-5-9(12-4-2)10-8(11)6-7-13-10/h1,6-7,9,12H,4-5H2,2H3. The van der Waals surface area contributed by atoms with Crippen molar-refractivity contribution in [1.29, 1.82) is 0 Å². The number of halogens is 1. The molecule has 0 amide bonds. The zero-order valence-electron chi connectivity index (χ0n) is 7.51. The van der Waals surface area contributed by atoms with Gasteiger partial charge < -0.3 is 5.32 Å². The van der Waals surface area contributed by atoms with E-state index in [1.807, 2.05) is 11.4 Å². The van der Waals surface area contributed by atoms with Crippen molar-refractivity contribution in [3.8, 4) is 12.3 Å². The third-order valence-electron chi connectivity index (χ3n) is 1.73. The van der Waals surface area contributed by atoms with E-state index in [9.17, 15) is 0 Å². The van der Waals surface area contributed by atoms with Gasteiger partial charge in [0, 0.05) is 11.3 Å². The zero-order chi connectivity index (χ0) is 9.68. The maximum Gasteiger partial charge on any atom is 0.0561 e. The van der Waals surface area contributed by atoms with Crippen LogP contribution in [0.2, 0.25) is 5.02 Å². The molecule has 1 atom stereocenters. The molecule has 0 saturated heterocycles. The molecule has 3 heteroatoms. The molecule has 0 aliphatic carbocycles. The fourth-order valence-electron chi connectivity index (χ4n) is 1.18. The molecule has 1 N–H and O–H groups in total. The first-order valence-corrected chi connectivity index (χ1v) is 5.45. The summed E-state index contributed by atoms with van der Waals surface area (Å²) in [5.41, 5.74) is 0. The van der Waals surface area contributed by atoms with Crippen LogP contribution in [0, 0.1) is 12.3 Å². The van der Waals surface area contributed by atoms with Gasteiger partial charge >= 0.3 is 0 Å². The fourth-order valence-corrected chi connectivity index (χ4v) is 2.44. The Hall–Kier alpha value is -0.490. The van der Waals surface area contributed by atoms with E-state index in [1.54, 1.807) is 11.3 Å². The number of hydrogen-bond donors (Lipinski definition) is 1. The van der Waals surface area contributed by atoms with Crippen LogP contribution >= 0.6 is 22.9 Å². The van der Waals surface area contributed by atoms with Gasteiger partial charge in [0.2, 0.25) is 0 Å². The predicted molar refractivity (Wildman–Crippen MR) is 59.2 cm³/mol. The maximum absolute atomic E-state index is 6.01. The molecule has 13 heavy (non-hydrogen) atoms. The largest absolute Gasteiger partial charge is 0.309 e. The van der Waals surface area contributed by atoms with Crippen molar-refractivity contribution in [2.45, 2.75) is 19.4 Å². The number of thiophene rings is 1. The minimum absolute atomic E-state index is 0.211. The first-order chi connectivity index (χ1) is 6.29. The molecule has 0 radical (unpaired) electrons. The third-order valence-corrected chi connectivity index (χ3v) is 3.21. The van der Waals surface area contributed by atoms with E-state index in [2.05, 4.69) is 18.2 Å². The Morgan fingerprint density at radius 1 is 1.77 bits per heavy atom. The van der Waals surface area contributed by atoms with Gasteiger partial charge in [-0.2, -0.15) is 0 Å². The van der Waals surface area contributed by atoms with Crippen molar-refractivity contribution < 1.29 is 0 Å². The van der Waals surface area contributed by atoms with Gasteiger partial charge in [-0.05, 0) is 18.0 Å². The molecule has 1 rings (SSSR count). The highest BCUT2D eigenvalue weighted by Gasteiger charge is 2.13. The van der Waals surface area contributed by atoms with Gasteiger partial charge in [-0.1, -0.05) is 18.5 Å². The van der Waals surface area contributed by atoms with Crippen LogP contribution in [-0.4, -0.2) is 6.54 Å². The van der Waals surface area contributed by atoms with E-state index in [1.165, 1.54) is 0 Å². The lowest BCUT2D eigenvalue weighted by Crippen LogP contribution is -2.19. The Morgan fingerprint density at radius 2 is 2.54 bits per heavy atom. The Labute approximate surface area is 88.1 Å². The van der Waals surface area contributed by atoms with Gasteiger partial charge in [0.1, 0.15) is 0 Å². The van der Waals surface area contributed by atoms with Crippen LogP contribution in [0.5, 0.6) is 0 Å². The van der Waals surface area contributed by atoms with Crippen LogP contribution < -0.4 is 5.32 Å². The van der Waals surface area contributed by atoms with Crippen molar-refractivity contribution in [2.24, 2.45) is 0 Å². The number of hydrogen-bond acceptors (Lipinski definition) is 2. The normalized spacial score (nSPS) is 12.4. The average molecular weight is 214 g/mol. The topological polar surface area (TPSA) is 12.0 Å². The van der Waals surface area contributed by atoms with Crippen molar-refractivity contribution in [2.75, 3.05) is 6.54 Å². The SMILES string of the molecule is C#CCC(NCC)c1sccc1Cl. The van der Waals surface area contributed by atoms with E-state index < -0.39 is 0 Å². The summed E-state index contributed by atoms with van der Waals surface area (Å²) < 4.78 is 0. The summed E-state index contributed by atoms with van der Waals surface area (Å²) in [7, 11) is 0. The lowest BCUT2D eigenvalue weighted by Gasteiger charge is -2.13. The van der Waals surface area contributed by atoms with E-state index >= 15 is 0 Å². The minimum atomic E-state index is 0.211. The monoisotopic (exact) mass is 213 g/mol. The Kier molecular flexibility index (Phi) is 4.31. The molecule has 1 heterocycles. The van der Waals surface area contributed by atoms with E-state index in [4.69, 9.17) is 18.0 Å². The van der Waals surface area contributed by atoms with Crippen molar-refractivity contribution in [3.05, 3.63) is 21.3 Å². The van der Waals surface area contributed by atoms with Crippen molar-refractivity contribution >= 4 is 22.9 Å². The van der Waals surface area contributed by atoms with Gasteiger partial charge in [-0.25, -0.2) is 0 Å². The van der Waals surface area contributed by atoms with Crippen LogP contribution in [0.4, 0.5) is 0 Å². The highest BCUT2D eigenvalue weighted by atomic mass is 35.5. The summed E-state index contributed by atoms with van der Waals surface area (Å²) in [4.78, 5) is 1.14. The van der Waals surface area contributed by atoms with E-state index in [0.717, 1.165) is 16.4 Å². The second-order valence-corrected chi connectivity index (χ2v) is 4.01. The predicted octanol–water partition coefficient (Wildman–Crippen LogP) is 3.08. The zero-order valence-corrected chi connectivity index (χ0v) is 9.08. The number of rotatable bonds is 4. The van der Waals surface area contributed by atoms with Gasteiger partial charge in [-0.3, -0.25) is 0 Å². The minimum Gasteiger partial charge on any atom is -0.309 e. The quantitative estimate of drug-likeness (QED) is 0.759. The summed E-state index contributed by atoms with van der Waals surface area (Å²) in [5.74, 6) is 2.65. The van der Waals surface area contributed by atoms with E-state index in [-0.39, 0.29) is 6.04 Å². The maximum atomic E-state index is 6.01. The highest BCUT2D eigenvalue weighted by Crippen LogP contribution is 2.30. The molecule has 0 bridgehead atoms. The third kappa shape index (κ3) is 2.73. The smallest absolute Gasteiger partial charge is 0.0561 e. The molecule has 1 aromatic heterocycles. The lowest BCUT2D eigenvalue weighted by molar-refractivity contribution is 0.574. The summed E-state index contributed by atoms with van der Waals surface area (Å²) in [6.45, 7) is 2.96. The van der Waals surface area contributed by atoms with Crippen LogP contribution in [0.3, 0.4) is 0 Å². The Morgan fingerprint density at radius 3 is 3.00 bits per heavy atom. The van der Waals surface area contributed by atoms with Gasteiger partial charge in [-0.15, -0.1) is 23.7 Å². The Balaban J connectivity index is 2.76. The molecule has 1 unspecified atom stereocenters. The molecule has 1 aromatic rings. The van der Waals surface area contributed by atoms with Gasteiger partial charge in [0.25, 0.3) is 0 Å². The number of terminal acetylenes is 1. The molecule has 0 aliphatic rings. The summed E-state index contributed by atoms with van der Waals surface area (Å²) >= 11 is 7.66. The number of nitrogens with one attached hydrogen (secondary N) is 1. The molecule has 0 spiro atoms. The molecule has 0 fully saturated rings. The average Bonchev–Trinajstić information content (AvgIpc) is 2.51. The molecule has 0 aliphatic heterocycles. The molecule has 1 nitrogen and oxygen atoms in total. The van der Waals surface area contributed by atoms with Gasteiger partial charge in [0.15, 0.2) is 0 Å². The lowest BCUT2D eigenvalue weighted by atomic mass is 10.2. The summed E-state index contributed by atoms with van der Waals surface area (Å²) in [5, 5.41) is 6.11. The second-order valence-electron chi connectivity index (χ2n) is 2.65. The Bertz CT molecular complexity index is 300. The van der Waals surface area contributed by atoms with Crippen LogP contribution in [0.15, 0.2) is 11.4 Å². The van der Waals surface area contributed by atoms with E-state index in [0.29, 0.717) is 6.42 Å². The second kappa shape index (κ2) is 5.29. The van der Waals surface area contributed by atoms with Gasteiger partial charge in [0.05, 0.1) is 11.1 Å². The first kappa shape index (κ1) is 10.6. The van der Waals surface area contributed by atoms with Crippen molar-refractivity contribution in [3.63, 3.8) is 0 Å². The molecular formula is C10H12ClNS. The summed E-state index contributed by atoms with van der Waals surface area (Å²) in [6, 6.07) is 2.12. The van der Waals surface area contributed by atoms with Crippen LogP contribution in [-0.2, 0) is 0 Å². The van der Waals surface area contributed by atoms with Crippen LogP contribution in [0.1, 0.15) is 24.3 Å². The van der Waals surface area contributed by atoms with Crippen molar-refractivity contribution in [1.82, 2.24) is 5.32 Å². The fraction of sp³-hybridized carbons (Fsp3) is 0.400.